The first-order chi connectivity index (χ1) is 11.3. The molecule has 2 N–H and O–H groups in total. The lowest BCUT2D eigenvalue weighted by Crippen LogP contribution is -2.27. The molecule has 0 unspecified atom stereocenters. The minimum Gasteiger partial charge on any atom is -0.508 e. The zero-order chi connectivity index (χ0) is 17.9. The molecule has 4 nitrogen and oxygen atoms in total. The summed E-state index contributed by atoms with van der Waals surface area (Å²) in [5, 5.41) is 19.8. The number of benzene rings is 1. The summed E-state index contributed by atoms with van der Waals surface area (Å²) in [5.74, 6) is -0.338. The summed E-state index contributed by atoms with van der Waals surface area (Å²) in [7, 11) is 1.43. The van der Waals surface area contributed by atoms with E-state index in [4.69, 9.17) is 4.74 Å². The number of aromatic hydroxyl groups is 2. The Bertz CT molecular complexity index is 681. The molecule has 0 saturated carbocycles. The highest BCUT2D eigenvalue weighted by atomic mass is 16.5. The van der Waals surface area contributed by atoms with Crippen LogP contribution < -0.4 is 4.74 Å². The number of hydrogen-bond donors (Lipinski definition) is 2. The van der Waals surface area contributed by atoms with Crippen molar-refractivity contribution in [2.75, 3.05) is 7.11 Å². The predicted molar refractivity (Wildman–Crippen MR) is 94.7 cm³/mol. The van der Waals surface area contributed by atoms with E-state index in [1.54, 1.807) is 0 Å². The van der Waals surface area contributed by atoms with Crippen LogP contribution in [0.5, 0.6) is 17.2 Å². The van der Waals surface area contributed by atoms with Crippen LogP contribution in [0, 0.1) is 11.8 Å². The Kier molecular flexibility index (Phi) is 5.71. The fourth-order valence-electron chi connectivity index (χ4n) is 3.37. The smallest absolute Gasteiger partial charge is 0.174 e. The van der Waals surface area contributed by atoms with Crippen LogP contribution in [0.1, 0.15) is 50.4 Å². The first-order valence-corrected chi connectivity index (χ1v) is 8.29. The van der Waals surface area contributed by atoms with Crippen LogP contribution in [-0.4, -0.2) is 23.1 Å². The molecule has 0 spiro atoms. The van der Waals surface area contributed by atoms with Gasteiger partial charge in [0.15, 0.2) is 5.78 Å². The normalized spacial score (nSPS) is 20.2. The van der Waals surface area contributed by atoms with Crippen LogP contribution in [0.3, 0.4) is 0 Å². The second-order valence-corrected chi connectivity index (χ2v) is 6.66. The van der Waals surface area contributed by atoms with Crippen molar-refractivity contribution in [3.63, 3.8) is 0 Å². The molecular weight excluding hydrogens is 304 g/mol. The van der Waals surface area contributed by atoms with E-state index in [0.29, 0.717) is 0 Å². The molecule has 0 aliphatic heterocycles. The third kappa shape index (κ3) is 3.81. The predicted octanol–water partition coefficient (Wildman–Crippen LogP) is 4.62. The van der Waals surface area contributed by atoms with Gasteiger partial charge in [0, 0.05) is 18.1 Å². The minimum absolute atomic E-state index is 0.121. The Balaban J connectivity index is 2.40. The molecular formula is C20H26O4. The lowest BCUT2D eigenvalue weighted by molar-refractivity contribution is 0.0865. The lowest BCUT2D eigenvalue weighted by atomic mass is 9.73. The monoisotopic (exact) mass is 330 g/mol. The largest absolute Gasteiger partial charge is 0.508 e. The molecule has 1 aromatic carbocycles. The number of carbonyl (C=O) groups excluding carboxylic acids is 1. The summed E-state index contributed by atoms with van der Waals surface area (Å²) in [6.07, 6.45) is 6.76. The number of methoxy groups -OCH3 is 1. The Morgan fingerprint density at radius 1 is 1.33 bits per heavy atom. The number of ketones is 1. The van der Waals surface area contributed by atoms with E-state index in [1.165, 1.54) is 30.4 Å². The number of Topliss-reactive ketones (excluding diaryl/α,β-unsaturated/α-hetero) is 1. The van der Waals surface area contributed by atoms with Crippen LogP contribution in [-0.2, 0) is 0 Å². The molecule has 2 atom stereocenters. The molecule has 130 valence electrons. The number of phenols is 2. The van der Waals surface area contributed by atoms with Gasteiger partial charge in [-0.05, 0) is 46.0 Å². The van der Waals surface area contributed by atoms with Crippen molar-refractivity contribution >= 4 is 5.78 Å². The van der Waals surface area contributed by atoms with E-state index in [0.717, 1.165) is 19.3 Å². The maximum atomic E-state index is 13.1. The molecule has 0 saturated heterocycles. The zero-order valence-electron chi connectivity index (χ0n) is 14.8. The number of hydrogen-bond acceptors (Lipinski definition) is 4. The second kappa shape index (κ2) is 7.56. The molecule has 0 radical (unpaired) electrons. The Morgan fingerprint density at radius 2 is 2.04 bits per heavy atom. The number of phenolic OH excluding ortho intramolecular Hbond substituents is 2. The molecule has 1 aliphatic rings. The summed E-state index contributed by atoms with van der Waals surface area (Å²) in [5.41, 5.74) is 2.61. The van der Waals surface area contributed by atoms with Gasteiger partial charge < -0.3 is 14.9 Å². The third-order valence-electron chi connectivity index (χ3n) is 4.66. The van der Waals surface area contributed by atoms with Crippen molar-refractivity contribution in [2.24, 2.45) is 11.8 Å². The van der Waals surface area contributed by atoms with Gasteiger partial charge in [-0.1, -0.05) is 23.3 Å². The van der Waals surface area contributed by atoms with E-state index in [2.05, 4.69) is 19.1 Å². The highest BCUT2D eigenvalue weighted by molar-refractivity contribution is 6.03. The fourth-order valence-corrected chi connectivity index (χ4v) is 3.37. The maximum Gasteiger partial charge on any atom is 0.174 e. The first kappa shape index (κ1) is 18.1. The number of carbonyl (C=O) groups is 1. The molecule has 0 heterocycles. The SMILES string of the molecule is COc1cc(O)cc(O)c1C(=O)[C@H]1CCC=C(C)[C@H]1CC=C(C)C. The van der Waals surface area contributed by atoms with E-state index in [-0.39, 0.29) is 40.4 Å². The van der Waals surface area contributed by atoms with E-state index >= 15 is 0 Å². The maximum absolute atomic E-state index is 13.1. The van der Waals surface area contributed by atoms with E-state index < -0.39 is 0 Å². The van der Waals surface area contributed by atoms with Gasteiger partial charge in [0.2, 0.25) is 0 Å². The van der Waals surface area contributed by atoms with Crippen molar-refractivity contribution in [1.82, 2.24) is 0 Å². The van der Waals surface area contributed by atoms with Crippen LogP contribution in [0.4, 0.5) is 0 Å². The van der Waals surface area contributed by atoms with Crippen LogP contribution >= 0.6 is 0 Å². The van der Waals surface area contributed by atoms with Gasteiger partial charge in [0.25, 0.3) is 0 Å². The average molecular weight is 330 g/mol. The summed E-state index contributed by atoms with van der Waals surface area (Å²) < 4.78 is 5.21. The summed E-state index contributed by atoms with van der Waals surface area (Å²) >= 11 is 0. The topological polar surface area (TPSA) is 66.8 Å². The van der Waals surface area contributed by atoms with Crippen molar-refractivity contribution in [3.05, 3.63) is 41.0 Å². The lowest BCUT2D eigenvalue weighted by Gasteiger charge is -2.30. The third-order valence-corrected chi connectivity index (χ3v) is 4.66. The molecule has 2 rings (SSSR count). The number of rotatable bonds is 5. The average Bonchev–Trinajstić information content (AvgIpc) is 2.51. The summed E-state index contributed by atoms with van der Waals surface area (Å²) in [6, 6.07) is 2.55. The van der Waals surface area contributed by atoms with Crippen molar-refractivity contribution in [1.29, 1.82) is 0 Å². The molecule has 0 bridgehead atoms. The van der Waals surface area contributed by atoms with E-state index in [1.807, 2.05) is 13.8 Å². The van der Waals surface area contributed by atoms with Gasteiger partial charge in [-0.2, -0.15) is 0 Å². The van der Waals surface area contributed by atoms with Crippen LogP contribution in [0.15, 0.2) is 35.4 Å². The number of allylic oxidation sites excluding steroid dienone is 4. The fraction of sp³-hybridized carbons (Fsp3) is 0.450. The van der Waals surface area contributed by atoms with E-state index in [9.17, 15) is 15.0 Å². The van der Waals surface area contributed by atoms with Crippen LogP contribution in [0.2, 0.25) is 0 Å². The Labute approximate surface area is 143 Å². The highest BCUT2D eigenvalue weighted by Gasteiger charge is 2.34. The van der Waals surface area contributed by atoms with Gasteiger partial charge in [0.1, 0.15) is 22.8 Å². The van der Waals surface area contributed by atoms with Crippen LogP contribution in [0.25, 0.3) is 0 Å². The van der Waals surface area contributed by atoms with Gasteiger partial charge in [-0.3, -0.25) is 4.79 Å². The molecule has 1 aliphatic carbocycles. The van der Waals surface area contributed by atoms with Gasteiger partial charge in [-0.25, -0.2) is 0 Å². The summed E-state index contributed by atoms with van der Waals surface area (Å²) in [6.45, 7) is 6.16. The molecule has 1 aromatic rings. The number of ether oxygens (including phenoxy) is 1. The van der Waals surface area contributed by atoms with Gasteiger partial charge >= 0.3 is 0 Å². The summed E-state index contributed by atoms with van der Waals surface area (Å²) in [4.78, 5) is 13.1. The molecule has 0 fully saturated rings. The molecule has 0 amide bonds. The highest BCUT2D eigenvalue weighted by Crippen LogP contribution is 2.41. The first-order valence-electron chi connectivity index (χ1n) is 8.29. The van der Waals surface area contributed by atoms with Gasteiger partial charge in [-0.15, -0.1) is 0 Å². The minimum atomic E-state index is -0.231. The Hall–Kier alpha value is -2.23. The molecule has 4 heteroatoms. The van der Waals surface area contributed by atoms with Crippen molar-refractivity contribution < 1.29 is 19.7 Å². The molecule has 0 aromatic heterocycles. The quantitative estimate of drug-likeness (QED) is 0.611. The zero-order valence-corrected chi connectivity index (χ0v) is 14.8. The second-order valence-electron chi connectivity index (χ2n) is 6.66. The van der Waals surface area contributed by atoms with Gasteiger partial charge in [0.05, 0.1) is 7.11 Å². The Morgan fingerprint density at radius 3 is 2.67 bits per heavy atom. The van der Waals surface area contributed by atoms with Crippen molar-refractivity contribution in [3.8, 4) is 17.2 Å². The molecule has 24 heavy (non-hydrogen) atoms. The van der Waals surface area contributed by atoms with Crippen molar-refractivity contribution in [2.45, 2.75) is 40.0 Å². The standard InChI is InChI=1S/C20H26O4/c1-12(2)8-9-15-13(3)6-5-7-16(15)20(23)19-17(22)10-14(21)11-18(19)24-4/h6,8,10-11,15-16,21-22H,5,7,9H2,1-4H3/t15-,16+/m1/s1.